The van der Waals surface area contributed by atoms with Crippen LogP contribution in [0.1, 0.15) is 12.0 Å². The number of amides is 1. The van der Waals surface area contributed by atoms with E-state index in [1.807, 2.05) is 24.3 Å². The standard InChI is InChI=1S/C13H18N2O3/c1-18-11-4-2-9(3-5-11)7-15-13(17)12-6-10(16)8-14-12/h2-5,10,12,14,16H,6-8H2,1H3,(H,15,17). The Balaban J connectivity index is 1.81. The van der Waals surface area contributed by atoms with E-state index >= 15 is 0 Å². The highest BCUT2D eigenvalue weighted by atomic mass is 16.5. The number of carbonyl (C=O) groups is 1. The van der Waals surface area contributed by atoms with E-state index in [1.54, 1.807) is 7.11 Å². The maximum atomic E-state index is 11.8. The molecule has 98 valence electrons. The Hall–Kier alpha value is -1.59. The van der Waals surface area contributed by atoms with E-state index in [-0.39, 0.29) is 11.9 Å². The molecule has 1 amide bonds. The van der Waals surface area contributed by atoms with Crippen LogP contribution in [0.5, 0.6) is 5.75 Å². The second kappa shape index (κ2) is 5.84. The molecule has 5 heteroatoms. The number of hydrogen-bond donors (Lipinski definition) is 3. The van der Waals surface area contributed by atoms with Gasteiger partial charge in [0.05, 0.1) is 19.3 Å². The molecule has 0 aromatic heterocycles. The average Bonchev–Trinajstić information content (AvgIpc) is 2.83. The molecule has 1 aromatic carbocycles. The van der Waals surface area contributed by atoms with Crippen LogP contribution in [0.25, 0.3) is 0 Å². The topological polar surface area (TPSA) is 70.6 Å². The summed E-state index contributed by atoms with van der Waals surface area (Å²) >= 11 is 0. The molecule has 0 aliphatic carbocycles. The van der Waals surface area contributed by atoms with Crippen molar-refractivity contribution in [1.82, 2.24) is 10.6 Å². The number of methoxy groups -OCH3 is 1. The van der Waals surface area contributed by atoms with Crippen LogP contribution in [-0.4, -0.2) is 36.8 Å². The van der Waals surface area contributed by atoms with Crippen LogP contribution >= 0.6 is 0 Å². The van der Waals surface area contributed by atoms with E-state index in [0.717, 1.165) is 11.3 Å². The maximum absolute atomic E-state index is 11.8. The average molecular weight is 250 g/mol. The minimum Gasteiger partial charge on any atom is -0.497 e. The second-order valence-electron chi connectivity index (χ2n) is 4.42. The van der Waals surface area contributed by atoms with Gasteiger partial charge in [0.25, 0.3) is 0 Å². The van der Waals surface area contributed by atoms with Gasteiger partial charge < -0.3 is 20.5 Å². The smallest absolute Gasteiger partial charge is 0.237 e. The highest BCUT2D eigenvalue weighted by Gasteiger charge is 2.27. The summed E-state index contributed by atoms with van der Waals surface area (Å²) < 4.78 is 5.06. The summed E-state index contributed by atoms with van der Waals surface area (Å²) in [5.74, 6) is 0.730. The number of aliphatic hydroxyl groups excluding tert-OH is 1. The number of benzene rings is 1. The fourth-order valence-corrected chi connectivity index (χ4v) is 1.97. The van der Waals surface area contributed by atoms with E-state index in [9.17, 15) is 9.90 Å². The first-order chi connectivity index (χ1) is 8.69. The molecule has 1 heterocycles. The molecule has 0 saturated carbocycles. The van der Waals surface area contributed by atoms with E-state index < -0.39 is 6.10 Å². The van der Waals surface area contributed by atoms with Gasteiger partial charge in [0.1, 0.15) is 5.75 Å². The molecule has 2 rings (SSSR count). The van der Waals surface area contributed by atoms with Crippen LogP contribution in [0.4, 0.5) is 0 Å². The third-order valence-electron chi connectivity index (χ3n) is 3.05. The molecule has 5 nitrogen and oxygen atoms in total. The van der Waals surface area contributed by atoms with Gasteiger partial charge in [0.2, 0.25) is 5.91 Å². The van der Waals surface area contributed by atoms with Gasteiger partial charge in [-0.1, -0.05) is 12.1 Å². The SMILES string of the molecule is COc1ccc(CNC(=O)C2CC(O)CN2)cc1. The lowest BCUT2D eigenvalue weighted by Gasteiger charge is -2.11. The zero-order valence-corrected chi connectivity index (χ0v) is 10.3. The van der Waals surface area contributed by atoms with Crippen LogP contribution in [0, 0.1) is 0 Å². The predicted molar refractivity (Wildman–Crippen MR) is 67.3 cm³/mol. The van der Waals surface area contributed by atoms with Crippen molar-refractivity contribution in [1.29, 1.82) is 0 Å². The highest BCUT2D eigenvalue weighted by Crippen LogP contribution is 2.11. The predicted octanol–water partition coefficient (Wildman–Crippen LogP) is 0.0342. The zero-order chi connectivity index (χ0) is 13.0. The molecule has 1 saturated heterocycles. The van der Waals surface area contributed by atoms with Gasteiger partial charge in [-0.2, -0.15) is 0 Å². The molecule has 0 bridgehead atoms. The minimum absolute atomic E-state index is 0.0673. The molecule has 2 atom stereocenters. The van der Waals surface area contributed by atoms with Crippen LogP contribution in [-0.2, 0) is 11.3 Å². The molecule has 1 aromatic rings. The van der Waals surface area contributed by atoms with E-state index in [4.69, 9.17) is 4.74 Å². The molecular formula is C13H18N2O3. The van der Waals surface area contributed by atoms with E-state index in [2.05, 4.69) is 10.6 Å². The molecule has 1 aliphatic heterocycles. The first kappa shape index (κ1) is 12.9. The Kier molecular flexibility index (Phi) is 4.17. The van der Waals surface area contributed by atoms with Crippen LogP contribution in [0.3, 0.4) is 0 Å². The van der Waals surface area contributed by atoms with Crippen molar-refractivity contribution in [2.24, 2.45) is 0 Å². The number of nitrogens with one attached hydrogen (secondary N) is 2. The molecule has 0 spiro atoms. The lowest BCUT2D eigenvalue weighted by molar-refractivity contribution is -0.123. The van der Waals surface area contributed by atoms with Crippen LogP contribution in [0.2, 0.25) is 0 Å². The van der Waals surface area contributed by atoms with Crippen molar-refractivity contribution in [3.63, 3.8) is 0 Å². The van der Waals surface area contributed by atoms with Gasteiger partial charge in [0.15, 0.2) is 0 Å². The van der Waals surface area contributed by atoms with Gasteiger partial charge in [-0.15, -0.1) is 0 Å². The van der Waals surface area contributed by atoms with Gasteiger partial charge in [-0.25, -0.2) is 0 Å². The summed E-state index contributed by atoms with van der Waals surface area (Å²) in [5.41, 5.74) is 1.02. The first-order valence-electron chi connectivity index (χ1n) is 6.01. The van der Waals surface area contributed by atoms with Gasteiger partial charge in [-0.05, 0) is 24.1 Å². The highest BCUT2D eigenvalue weighted by molar-refractivity contribution is 5.82. The number of carbonyl (C=O) groups excluding carboxylic acids is 1. The van der Waals surface area contributed by atoms with Gasteiger partial charge in [-0.3, -0.25) is 4.79 Å². The third-order valence-corrected chi connectivity index (χ3v) is 3.05. The van der Waals surface area contributed by atoms with E-state index in [0.29, 0.717) is 19.5 Å². The molecule has 1 aliphatic rings. The minimum atomic E-state index is -0.415. The summed E-state index contributed by atoms with van der Waals surface area (Å²) in [5, 5.41) is 15.2. The Morgan fingerprint density at radius 2 is 2.22 bits per heavy atom. The Labute approximate surface area is 106 Å². The van der Waals surface area contributed by atoms with Crippen molar-refractivity contribution in [3.8, 4) is 5.75 Å². The van der Waals surface area contributed by atoms with Gasteiger partial charge in [0, 0.05) is 13.1 Å². The quantitative estimate of drug-likeness (QED) is 0.705. The van der Waals surface area contributed by atoms with Crippen molar-refractivity contribution < 1.29 is 14.6 Å². The monoisotopic (exact) mass is 250 g/mol. The summed E-state index contributed by atoms with van der Waals surface area (Å²) in [7, 11) is 1.62. The van der Waals surface area contributed by atoms with Crippen molar-refractivity contribution >= 4 is 5.91 Å². The summed E-state index contributed by atoms with van der Waals surface area (Å²) in [6, 6.07) is 7.27. The zero-order valence-electron chi connectivity index (χ0n) is 10.3. The molecule has 1 fully saturated rings. The largest absolute Gasteiger partial charge is 0.497 e. The summed E-state index contributed by atoms with van der Waals surface area (Å²) in [4.78, 5) is 11.8. The Morgan fingerprint density at radius 1 is 1.50 bits per heavy atom. The lowest BCUT2D eigenvalue weighted by atomic mass is 10.1. The first-order valence-corrected chi connectivity index (χ1v) is 6.01. The normalized spacial score (nSPS) is 22.8. The molecular weight excluding hydrogens is 232 g/mol. The van der Waals surface area contributed by atoms with Crippen molar-refractivity contribution in [2.75, 3.05) is 13.7 Å². The van der Waals surface area contributed by atoms with Crippen molar-refractivity contribution in [2.45, 2.75) is 25.1 Å². The van der Waals surface area contributed by atoms with Crippen LogP contribution < -0.4 is 15.4 Å². The number of ether oxygens (including phenoxy) is 1. The van der Waals surface area contributed by atoms with Crippen molar-refractivity contribution in [3.05, 3.63) is 29.8 Å². The second-order valence-corrected chi connectivity index (χ2v) is 4.42. The molecule has 3 N–H and O–H groups in total. The molecule has 2 unspecified atom stereocenters. The number of hydrogen-bond acceptors (Lipinski definition) is 4. The fraction of sp³-hybridized carbons (Fsp3) is 0.462. The van der Waals surface area contributed by atoms with E-state index in [1.165, 1.54) is 0 Å². The molecule has 0 radical (unpaired) electrons. The Morgan fingerprint density at radius 3 is 2.78 bits per heavy atom. The number of aliphatic hydroxyl groups is 1. The van der Waals surface area contributed by atoms with Crippen LogP contribution in [0.15, 0.2) is 24.3 Å². The molecule has 18 heavy (non-hydrogen) atoms. The number of β-amino-alcohol motifs (C(OH)–C–C–N with tert-alkyl or cyclic N) is 1. The maximum Gasteiger partial charge on any atom is 0.237 e. The Bertz CT molecular complexity index is 405. The third kappa shape index (κ3) is 3.21. The van der Waals surface area contributed by atoms with Gasteiger partial charge >= 0.3 is 0 Å². The fourth-order valence-electron chi connectivity index (χ4n) is 1.97. The summed E-state index contributed by atoms with van der Waals surface area (Å²) in [6.07, 6.45) is 0.0655. The number of rotatable bonds is 4. The lowest BCUT2D eigenvalue weighted by Crippen LogP contribution is -2.39. The summed E-state index contributed by atoms with van der Waals surface area (Å²) in [6.45, 7) is 0.970.